The normalized spacial score (nSPS) is 14.4. The summed E-state index contributed by atoms with van der Waals surface area (Å²) in [4.78, 5) is 45.2. The number of anilines is 1. The lowest BCUT2D eigenvalue weighted by Gasteiger charge is -2.16. The van der Waals surface area contributed by atoms with Crippen molar-refractivity contribution in [2.24, 2.45) is 0 Å². The van der Waals surface area contributed by atoms with Gasteiger partial charge in [0.25, 0.3) is 5.56 Å². The Morgan fingerprint density at radius 1 is 1.08 bits per heavy atom. The van der Waals surface area contributed by atoms with Gasteiger partial charge in [-0.1, -0.05) is 6.92 Å². The molecule has 12 heteroatoms. The Balaban J connectivity index is 1.51. The van der Waals surface area contributed by atoms with Crippen molar-refractivity contribution in [3.05, 3.63) is 52.5 Å². The van der Waals surface area contributed by atoms with E-state index < -0.39 is 10.8 Å². The van der Waals surface area contributed by atoms with Gasteiger partial charge in [0.15, 0.2) is 17.3 Å². The average Bonchev–Trinajstić information content (AvgIpc) is 3.72. The molecule has 4 aromatic rings. The second-order valence-corrected chi connectivity index (χ2v) is 10.7. The van der Waals surface area contributed by atoms with Crippen LogP contribution in [0.25, 0.3) is 22.6 Å². The zero-order valence-electron chi connectivity index (χ0n) is 20.6. The highest BCUT2D eigenvalue weighted by atomic mass is 32.2. The maximum Gasteiger partial charge on any atom is 0.295 e. The zero-order chi connectivity index (χ0) is 25.4. The third-order valence-corrected chi connectivity index (χ3v) is 7.28. The van der Waals surface area contributed by atoms with E-state index >= 15 is 0 Å². The SMILES string of the molecule is CCS(=O)c1cnc(CNc2nc3cnc(-c4c(C)ncnc4C4CC4)nc3n(C(C)C)c2=O)nc1. The standard InChI is InChI=1S/C24H27N9O2S/c1-5-36(35)16-8-25-18(26-9-16)11-28-22-24(34)33(13(2)3)23-17(31-22)10-27-21(32-23)19-14(4)29-12-30-20(19)15-6-7-15/h8-10,12-13,15H,5-7,11H2,1-4H3,(H,28,31). The second kappa shape index (κ2) is 9.76. The lowest BCUT2D eigenvalue weighted by Crippen LogP contribution is -2.28. The smallest absolute Gasteiger partial charge is 0.295 e. The van der Waals surface area contributed by atoms with Crippen LogP contribution in [0, 0.1) is 6.92 Å². The van der Waals surface area contributed by atoms with Crippen molar-refractivity contribution in [3.8, 4) is 11.4 Å². The molecule has 1 unspecified atom stereocenters. The molecule has 0 saturated heterocycles. The predicted molar refractivity (Wildman–Crippen MR) is 136 cm³/mol. The highest BCUT2D eigenvalue weighted by Crippen LogP contribution is 2.43. The summed E-state index contributed by atoms with van der Waals surface area (Å²) in [6, 6.07) is -0.165. The monoisotopic (exact) mass is 505 g/mol. The molecule has 186 valence electrons. The number of hydrogen-bond donors (Lipinski definition) is 1. The van der Waals surface area contributed by atoms with E-state index in [9.17, 15) is 9.00 Å². The van der Waals surface area contributed by atoms with E-state index in [0.717, 1.165) is 29.8 Å². The number of nitrogens with one attached hydrogen (secondary N) is 1. The highest BCUT2D eigenvalue weighted by Gasteiger charge is 2.30. The molecular weight excluding hydrogens is 478 g/mol. The van der Waals surface area contributed by atoms with Gasteiger partial charge in [-0.05, 0) is 33.6 Å². The lowest BCUT2D eigenvalue weighted by atomic mass is 10.1. The van der Waals surface area contributed by atoms with E-state index in [1.54, 1.807) is 29.5 Å². The van der Waals surface area contributed by atoms with Crippen LogP contribution in [0.3, 0.4) is 0 Å². The van der Waals surface area contributed by atoms with Crippen LogP contribution in [0.5, 0.6) is 0 Å². The minimum absolute atomic E-state index is 0.162. The van der Waals surface area contributed by atoms with Crippen molar-refractivity contribution in [3.63, 3.8) is 0 Å². The van der Waals surface area contributed by atoms with Gasteiger partial charge in [-0.2, -0.15) is 0 Å². The van der Waals surface area contributed by atoms with Crippen LogP contribution < -0.4 is 10.9 Å². The van der Waals surface area contributed by atoms with E-state index in [-0.39, 0.29) is 24.0 Å². The van der Waals surface area contributed by atoms with Crippen LogP contribution in [-0.4, -0.2) is 49.4 Å². The number of fused-ring (bicyclic) bond motifs is 1. The van der Waals surface area contributed by atoms with Crippen molar-refractivity contribution in [2.45, 2.75) is 63.9 Å². The zero-order valence-corrected chi connectivity index (χ0v) is 21.4. The number of rotatable bonds is 8. The summed E-state index contributed by atoms with van der Waals surface area (Å²) in [5.74, 6) is 2.02. The second-order valence-electron chi connectivity index (χ2n) is 8.95. The summed E-state index contributed by atoms with van der Waals surface area (Å²) in [5.41, 5.74) is 3.25. The van der Waals surface area contributed by atoms with Crippen molar-refractivity contribution in [2.75, 3.05) is 11.1 Å². The summed E-state index contributed by atoms with van der Waals surface area (Å²) in [7, 11) is -1.12. The Labute approximate surface area is 210 Å². The number of aryl methyl sites for hydroxylation is 1. The van der Waals surface area contributed by atoms with Crippen LogP contribution in [0.2, 0.25) is 0 Å². The predicted octanol–water partition coefficient (Wildman–Crippen LogP) is 2.94. The fraction of sp³-hybridized carbons (Fsp3) is 0.417. The Kier molecular flexibility index (Phi) is 6.52. The molecule has 0 bridgehead atoms. The molecule has 1 aliphatic carbocycles. The molecule has 36 heavy (non-hydrogen) atoms. The summed E-state index contributed by atoms with van der Waals surface area (Å²) >= 11 is 0. The molecule has 1 aliphatic rings. The molecule has 0 amide bonds. The van der Waals surface area contributed by atoms with Crippen LogP contribution >= 0.6 is 0 Å². The van der Waals surface area contributed by atoms with Crippen LogP contribution in [0.1, 0.15) is 62.8 Å². The van der Waals surface area contributed by atoms with Gasteiger partial charge >= 0.3 is 0 Å². The molecule has 0 spiro atoms. The molecule has 1 N–H and O–H groups in total. The largest absolute Gasteiger partial charge is 0.358 e. The average molecular weight is 506 g/mol. The quantitative estimate of drug-likeness (QED) is 0.380. The van der Waals surface area contributed by atoms with Gasteiger partial charge in [-0.15, -0.1) is 0 Å². The Hall–Kier alpha value is -3.67. The summed E-state index contributed by atoms with van der Waals surface area (Å²) in [6.07, 6.45) is 8.49. The molecule has 0 aromatic carbocycles. The lowest BCUT2D eigenvalue weighted by molar-refractivity contribution is 0.593. The minimum atomic E-state index is -1.12. The van der Waals surface area contributed by atoms with E-state index in [2.05, 4.69) is 35.2 Å². The molecule has 5 rings (SSSR count). The van der Waals surface area contributed by atoms with Gasteiger partial charge < -0.3 is 5.32 Å². The molecule has 0 aliphatic heterocycles. The molecule has 11 nitrogen and oxygen atoms in total. The molecule has 0 radical (unpaired) electrons. The Morgan fingerprint density at radius 3 is 2.50 bits per heavy atom. The van der Waals surface area contributed by atoms with Gasteiger partial charge in [-0.3, -0.25) is 13.6 Å². The first-order chi connectivity index (χ1) is 17.4. The topological polar surface area (TPSA) is 141 Å². The first-order valence-electron chi connectivity index (χ1n) is 11.9. The number of hydrogen-bond acceptors (Lipinski definition) is 10. The van der Waals surface area contributed by atoms with Gasteiger partial charge in [-0.25, -0.2) is 34.9 Å². The van der Waals surface area contributed by atoms with Crippen molar-refractivity contribution >= 4 is 27.8 Å². The Bertz CT molecular complexity index is 1520. The third-order valence-electron chi connectivity index (χ3n) is 6.02. The first kappa shape index (κ1) is 24.0. The summed E-state index contributed by atoms with van der Waals surface area (Å²) in [6.45, 7) is 7.80. The molecule has 4 aromatic heterocycles. The fourth-order valence-electron chi connectivity index (χ4n) is 4.03. The van der Waals surface area contributed by atoms with Crippen molar-refractivity contribution in [1.82, 2.24) is 39.5 Å². The summed E-state index contributed by atoms with van der Waals surface area (Å²) < 4.78 is 13.5. The molecule has 1 fully saturated rings. The number of nitrogens with zero attached hydrogens (tertiary/aromatic N) is 8. The first-order valence-corrected chi connectivity index (χ1v) is 13.2. The molecule has 1 saturated carbocycles. The van der Waals surface area contributed by atoms with Crippen molar-refractivity contribution < 1.29 is 4.21 Å². The van der Waals surface area contributed by atoms with E-state index in [4.69, 9.17) is 4.98 Å². The highest BCUT2D eigenvalue weighted by molar-refractivity contribution is 7.85. The van der Waals surface area contributed by atoms with Gasteiger partial charge in [0.1, 0.15) is 17.7 Å². The van der Waals surface area contributed by atoms with Crippen LogP contribution in [0.15, 0.2) is 34.6 Å². The molecule has 1 atom stereocenters. The van der Waals surface area contributed by atoms with Gasteiger partial charge in [0, 0.05) is 30.1 Å². The maximum absolute atomic E-state index is 13.4. The van der Waals surface area contributed by atoms with E-state index in [1.165, 1.54) is 0 Å². The van der Waals surface area contributed by atoms with E-state index in [1.807, 2.05) is 27.7 Å². The van der Waals surface area contributed by atoms with Crippen LogP contribution in [-0.2, 0) is 17.3 Å². The molecule has 4 heterocycles. The minimum Gasteiger partial charge on any atom is -0.358 e. The fourth-order valence-corrected chi connectivity index (χ4v) is 4.71. The van der Waals surface area contributed by atoms with Crippen molar-refractivity contribution in [1.29, 1.82) is 0 Å². The maximum atomic E-state index is 13.4. The van der Waals surface area contributed by atoms with Gasteiger partial charge in [0.2, 0.25) is 0 Å². The summed E-state index contributed by atoms with van der Waals surface area (Å²) in [5, 5.41) is 3.05. The third kappa shape index (κ3) is 4.60. The van der Waals surface area contributed by atoms with Crippen LogP contribution in [0.4, 0.5) is 5.82 Å². The Morgan fingerprint density at radius 2 is 1.83 bits per heavy atom. The molecular formula is C24H27N9O2S. The number of aromatic nitrogens is 8. The van der Waals surface area contributed by atoms with Gasteiger partial charge in [0.05, 0.1) is 45.4 Å². The van der Waals surface area contributed by atoms with E-state index in [0.29, 0.717) is 39.4 Å².